The van der Waals surface area contributed by atoms with Gasteiger partial charge in [0.25, 0.3) is 0 Å². The van der Waals surface area contributed by atoms with Crippen LogP contribution in [0, 0.1) is 0 Å². The lowest BCUT2D eigenvalue weighted by Gasteiger charge is -2.21. The van der Waals surface area contributed by atoms with Crippen molar-refractivity contribution >= 4 is 23.5 Å². The fourth-order valence-corrected chi connectivity index (χ4v) is 3.57. The molecule has 1 aromatic rings. The number of carbonyl (C=O) groups is 2. The average molecular weight is 357 g/mol. The van der Waals surface area contributed by atoms with Gasteiger partial charge in [-0.3, -0.25) is 14.6 Å². The van der Waals surface area contributed by atoms with Crippen molar-refractivity contribution in [3.05, 3.63) is 29.8 Å². The molecule has 1 unspecified atom stereocenters. The Hall–Kier alpha value is -2.57. The van der Waals surface area contributed by atoms with Crippen molar-refractivity contribution in [1.82, 2.24) is 15.5 Å². The van der Waals surface area contributed by atoms with Crippen molar-refractivity contribution in [2.75, 3.05) is 38.1 Å². The molecule has 1 fully saturated rings. The number of aliphatic imine (C=N–C) groups is 1. The zero-order valence-corrected chi connectivity index (χ0v) is 15.5. The predicted molar refractivity (Wildman–Crippen MR) is 102 cm³/mol. The molecule has 3 rings (SSSR count). The van der Waals surface area contributed by atoms with Crippen molar-refractivity contribution < 1.29 is 9.59 Å². The molecule has 7 heteroatoms. The summed E-state index contributed by atoms with van der Waals surface area (Å²) in [4.78, 5) is 32.3. The van der Waals surface area contributed by atoms with Gasteiger partial charge in [-0.1, -0.05) is 25.1 Å². The molecule has 1 aromatic carbocycles. The number of carbonyl (C=O) groups excluding carboxylic acids is 2. The van der Waals surface area contributed by atoms with E-state index in [0.717, 1.165) is 31.6 Å². The van der Waals surface area contributed by atoms with E-state index in [1.54, 1.807) is 7.05 Å². The van der Waals surface area contributed by atoms with Crippen LogP contribution in [0.2, 0.25) is 0 Å². The Morgan fingerprint density at radius 3 is 2.81 bits per heavy atom. The second-order valence-electron chi connectivity index (χ2n) is 6.67. The van der Waals surface area contributed by atoms with E-state index in [0.29, 0.717) is 18.9 Å². The minimum Gasteiger partial charge on any atom is -0.352 e. The van der Waals surface area contributed by atoms with Crippen molar-refractivity contribution in [2.24, 2.45) is 4.99 Å². The number of nitrogens with zero attached hydrogens (tertiary/aromatic N) is 3. The number of amides is 2. The van der Waals surface area contributed by atoms with Crippen LogP contribution >= 0.6 is 0 Å². The van der Waals surface area contributed by atoms with Crippen LogP contribution in [0.15, 0.2) is 29.3 Å². The summed E-state index contributed by atoms with van der Waals surface area (Å²) in [6, 6.07) is 8.19. The first-order valence-corrected chi connectivity index (χ1v) is 9.25. The zero-order chi connectivity index (χ0) is 18.5. The maximum atomic E-state index is 12.6. The summed E-state index contributed by atoms with van der Waals surface area (Å²) in [5.41, 5.74) is 2.22. The normalized spacial score (nSPS) is 19.5. The second kappa shape index (κ2) is 8.21. The van der Waals surface area contributed by atoms with Gasteiger partial charge in [0.1, 0.15) is 0 Å². The van der Waals surface area contributed by atoms with Gasteiger partial charge >= 0.3 is 0 Å². The summed E-state index contributed by atoms with van der Waals surface area (Å²) in [5.74, 6) is 0.814. The quantitative estimate of drug-likeness (QED) is 0.616. The van der Waals surface area contributed by atoms with Crippen molar-refractivity contribution in [3.8, 4) is 0 Å². The van der Waals surface area contributed by atoms with E-state index in [2.05, 4.69) is 21.7 Å². The first kappa shape index (κ1) is 18.2. The average Bonchev–Trinajstić information content (AvgIpc) is 3.31. The Kier molecular flexibility index (Phi) is 5.75. The molecule has 0 bridgehead atoms. The first-order chi connectivity index (χ1) is 12.6. The number of rotatable bonds is 4. The summed E-state index contributed by atoms with van der Waals surface area (Å²) in [7, 11) is 1.69. The SMILES string of the molecule is CCC(=O)N1CCC(NC(=NC)NCC(=O)N2CCc3ccccc32)C1. The number of hydrogen-bond acceptors (Lipinski definition) is 3. The van der Waals surface area contributed by atoms with Crippen LogP contribution in [-0.4, -0.2) is 61.9 Å². The highest BCUT2D eigenvalue weighted by atomic mass is 16.2. The molecule has 2 aliphatic heterocycles. The number of likely N-dealkylation sites (tertiary alicyclic amines) is 1. The molecule has 0 aliphatic carbocycles. The van der Waals surface area contributed by atoms with Gasteiger partial charge in [-0.2, -0.15) is 0 Å². The van der Waals surface area contributed by atoms with Crippen LogP contribution < -0.4 is 15.5 Å². The molecule has 2 aliphatic rings. The van der Waals surface area contributed by atoms with E-state index >= 15 is 0 Å². The number of para-hydroxylation sites is 1. The molecule has 2 N–H and O–H groups in total. The number of guanidine groups is 1. The third kappa shape index (κ3) is 3.98. The van der Waals surface area contributed by atoms with Gasteiger partial charge in [0.05, 0.1) is 6.54 Å². The molecule has 0 saturated carbocycles. The van der Waals surface area contributed by atoms with E-state index in [-0.39, 0.29) is 24.4 Å². The summed E-state index contributed by atoms with van der Waals surface area (Å²) in [5, 5.41) is 6.42. The Balaban J connectivity index is 1.49. The van der Waals surface area contributed by atoms with E-state index in [1.807, 2.05) is 34.9 Å². The molecule has 2 amide bonds. The first-order valence-electron chi connectivity index (χ1n) is 9.25. The number of hydrogen-bond donors (Lipinski definition) is 2. The lowest BCUT2D eigenvalue weighted by molar-refractivity contribution is -0.129. The molecule has 0 radical (unpaired) electrons. The predicted octanol–water partition coefficient (Wildman–Crippen LogP) is 0.752. The topological polar surface area (TPSA) is 77.0 Å². The largest absolute Gasteiger partial charge is 0.352 e. The molecule has 1 atom stereocenters. The van der Waals surface area contributed by atoms with Crippen LogP contribution in [0.25, 0.3) is 0 Å². The Labute approximate surface area is 154 Å². The summed E-state index contributed by atoms with van der Waals surface area (Å²) in [6.45, 7) is 4.25. The standard InChI is InChI=1S/C19H27N5O2/c1-3-17(25)23-10-9-15(13-23)22-19(20-2)21-12-18(26)24-11-8-14-6-4-5-7-16(14)24/h4-7,15H,3,8-13H2,1-2H3,(H2,20,21,22). The van der Waals surface area contributed by atoms with E-state index in [9.17, 15) is 9.59 Å². The number of fused-ring (bicyclic) bond motifs is 1. The maximum Gasteiger partial charge on any atom is 0.246 e. The highest BCUT2D eigenvalue weighted by molar-refractivity contribution is 5.98. The molecular formula is C19H27N5O2. The third-order valence-corrected chi connectivity index (χ3v) is 5.00. The number of benzene rings is 1. The third-order valence-electron chi connectivity index (χ3n) is 5.00. The van der Waals surface area contributed by atoms with Crippen molar-refractivity contribution in [2.45, 2.75) is 32.2 Å². The van der Waals surface area contributed by atoms with Gasteiger partial charge in [0.2, 0.25) is 11.8 Å². The van der Waals surface area contributed by atoms with Crippen LogP contribution in [0.3, 0.4) is 0 Å². The summed E-state index contributed by atoms with van der Waals surface area (Å²) < 4.78 is 0. The molecular weight excluding hydrogens is 330 g/mol. The Morgan fingerprint density at radius 2 is 2.04 bits per heavy atom. The number of nitrogens with one attached hydrogen (secondary N) is 2. The highest BCUT2D eigenvalue weighted by Gasteiger charge is 2.27. The van der Waals surface area contributed by atoms with E-state index < -0.39 is 0 Å². The van der Waals surface area contributed by atoms with Gasteiger partial charge in [-0.05, 0) is 24.5 Å². The lowest BCUT2D eigenvalue weighted by Crippen LogP contribution is -2.48. The highest BCUT2D eigenvalue weighted by Crippen LogP contribution is 2.27. The molecule has 26 heavy (non-hydrogen) atoms. The van der Waals surface area contributed by atoms with Gasteiger partial charge in [-0.15, -0.1) is 0 Å². The fraction of sp³-hybridized carbons (Fsp3) is 0.526. The van der Waals surface area contributed by atoms with Gasteiger partial charge in [0.15, 0.2) is 5.96 Å². The maximum absolute atomic E-state index is 12.6. The van der Waals surface area contributed by atoms with Crippen molar-refractivity contribution in [1.29, 1.82) is 0 Å². The molecule has 140 valence electrons. The molecule has 1 saturated heterocycles. The summed E-state index contributed by atoms with van der Waals surface area (Å²) >= 11 is 0. The van der Waals surface area contributed by atoms with Gasteiger partial charge < -0.3 is 20.4 Å². The number of anilines is 1. The monoisotopic (exact) mass is 357 g/mol. The lowest BCUT2D eigenvalue weighted by atomic mass is 10.2. The zero-order valence-electron chi connectivity index (χ0n) is 15.5. The van der Waals surface area contributed by atoms with Crippen LogP contribution in [0.5, 0.6) is 0 Å². The van der Waals surface area contributed by atoms with E-state index in [4.69, 9.17) is 0 Å². The smallest absolute Gasteiger partial charge is 0.246 e. The second-order valence-corrected chi connectivity index (χ2v) is 6.67. The fourth-order valence-electron chi connectivity index (χ4n) is 3.57. The molecule has 0 spiro atoms. The van der Waals surface area contributed by atoms with Crippen LogP contribution in [0.4, 0.5) is 5.69 Å². The van der Waals surface area contributed by atoms with Gasteiger partial charge in [-0.25, -0.2) is 0 Å². The van der Waals surface area contributed by atoms with Crippen LogP contribution in [-0.2, 0) is 16.0 Å². The minimum absolute atomic E-state index is 0.0344. The summed E-state index contributed by atoms with van der Waals surface area (Å²) in [6.07, 6.45) is 2.32. The van der Waals surface area contributed by atoms with Crippen molar-refractivity contribution in [3.63, 3.8) is 0 Å². The molecule has 2 heterocycles. The molecule has 0 aromatic heterocycles. The van der Waals surface area contributed by atoms with Gasteiger partial charge in [0, 0.05) is 44.8 Å². The molecule has 7 nitrogen and oxygen atoms in total. The van der Waals surface area contributed by atoms with E-state index in [1.165, 1.54) is 5.56 Å². The Bertz CT molecular complexity index is 703. The van der Waals surface area contributed by atoms with Crippen LogP contribution in [0.1, 0.15) is 25.3 Å². The Morgan fingerprint density at radius 1 is 1.23 bits per heavy atom. The minimum atomic E-state index is 0.0344.